The summed E-state index contributed by atoms with van der Waals surface area (Å²) in [6.07, 6.45) is 2.57. The van der Waals surface area contributed by atoms with Gasteiger partial charge in [-0.25, -0.2) is 0 Å². The Labute approximate surface area is 140 Å². The van der Waals surface area contributed by atoms with Gasteiger partial charge < -0.3 is 15.3 Å². The molecule has 1 aromatic heterocycles. The minimum absolute atomic E-state index is 0.00392. The molecule has 2 heterocycles. The van der Waals surface area contributed by atoms with Crippen LogP contribution in [0.1, 0.15) is 18.9 Å². The molecule has 1 amide bonds. The van der Waals surface area contributed by atoms with Crippen molar-refractivity contribution >= 4 is 22.5 Å². The van der Waals surface area contributed by atoms with E-state index in [-0.39, 0.29) is 11.9 Å². The predicted octanol–water partition coefficient (Wildman–Crippen LogP) is 1.43. The Morgan fingerprint density at radius 3 is 3.04 bits per heavy atom. The number of hydrogen-bond acceptors (Lipinski definition) is 5. The van der Waals surface area contributed by atoms with Gasteiger partial charge >= 0.3 is 0 Å². The number of aliphatic hydroxyl groups excluding tert-OH is 1. The zero-order valence-electron chi connectivity index (χ0n) is 13.6. The molecule has 2 aromatic rings. The molecule has 0 aliphatic carbocycles. The Morgan fingerprint density at radius 2 is 2.29 bits per heavy atom. The maximum Gasteiger partial charge on any atom is 0.245 e. The van der Waals surface area contributed by atoms with Crippen molar-refractivity contribution in [2.75, 3.05) is 24.6 Å². The average Bonchev–Trinajstić information content (AvgIpc) is 2.60. The second-order valence-electron chi connectivity index (χ2n) is 6.31. The number of rotatable bonds is 3. The molecule has 3 rings (SSSR count). The molecule has 0 bridgehead atoms. The third-order valence-corrected chi connectivity index (χ3v) is 4.38. The summed E-state index contributed by atoms with van der Waals surface area (Å²) in [7, 11) is 0. The van der Waals surface area contributed by atoms with Crippen LogP contribution in [0.4, 0.5) is 5.69 Å². The number of anilines is 1. The number of aliphatic hydroxyl groups is 1. The van der Waals surface area contributed by atoms with Crippen molar-refractivity contribution in [3.05, 3.63) is 36.0 Å². The van der Waals surface area contributed by atoms with Crippen molar-refractivity contribution in [3.63, 3.8) is 0 Å². The standard InChI is InChI=1S/C18H20N4O2/c1-12-7-14(21-17(24)11-23)10-22(9-12)16-5-4-13(8-19)18-15(16)3-2-6-20-18/h2-6,12,14,23H,7,9-11H2,1H3,(H,21,24)/t12-,14+/m0/s1. The van der Waals surface area contributed by atoms with Crippen LogP contribution in [0.25, 0.3) is 10.9 Å². The molecule has 1 aliphatic rings. The summed E-state index contributed by atoms with van der Waals surface area (Å²) in [6.45, 7) is 3.20. The van der Waals surface area contributed by atoms with E-state index < -0.39 is 6.61 Å². The van der Waals surface area contributed by atoms with Gasteiger partial charge in [0.05, 0.1) is 11.1 Å². The molecule has 1 fully saturated rings. The van der Waals surface area contributed by atoms with E-state index in [0.717, 1.165) is 24.0 Å². The van der Waals surface area contributed by atoms with E-state index in [0.29, 0.717) is 23.5 Å². The SMILES string of the molecule is C[C@H]1C[C@@H](NC(=O)CO)CN(c2ccc(C#N)c3ncccc23)C1. The number of carbonyl (C=O) groups is 1. The zero-order valence-corrected chi connectivity index (χ0v) is 13.6. The van der Waals surface area contributed by atoms with E-state index in [1.807, 2.05) is 18.2 Å². The number of aromatic nitrogens is 1. The third kappa shape index (κ3) is 3.17. The molecule has 6 heteroatoms. The summed E-state index contributed by atoms with van der Waals surface area (Å²) in [5.41, 5.74) is 2.28. The van der Waals surface area contributed by atoms with Crippen molar-refractivity contribution in [1.82, 2.24) is 10.3 Å². The van der Waals surface area contributed by atoms with E-state index in [2.05, 4.69) is 28.2 Å². The topological polar surface area (TPSA) is 89.2 Å². The molecule has 0 radical (unpaired) electrons. The van der Waals surface area contributed by atoms with Gasteiger partial charge in [-0.3, -0.25) is 9.78 Å². The number of fused-ring (bicyclic) bond motifs is 1. The highest BCUT2D eigenvalue weighted by atomic mass is 16.3. The van der Waals surface area contributed by atoms with Crippen LogP contribution >= 0.6 is 0 Å². The van der Waals surface area contributed by atoms with E-state index in [1.54, 1.807) is 12.3 Å². The summed E-state index contributed by atoms with van der Waals surface area (Å²) in [5, 5.41) is 22.0. The Bertz CT molecular complexity index is 799. The van der Waals surface area contributed by atoms with Crippen molar-refractivity contribution in [3.8, 4) is 6.07 Å². The van der Waals surface area contributed by atoms with E-state index in [4.69, 9.17) is 5.11 Å². The molecular formula is C18H20N4O2. The average molecular weight is 324 g/mol. The number of nitrogens with one attached hydrogen (secondary N) is 1. The number of pyridine rings is 1. The molecule has 0 spiro atoms. The van der Waals surface area contributed by atoms with Gasteiger partial charge in [-0.15, -0.1) is 0 Å². The van der Waals surface area contributed by atoms with E-state index in [1.165, 1.54) is 0 Å². The molecule has 1 aromatic carbocycles. The second-order valence-corrected chi connectivity index (χ2v) is 6.31. The Morgan fingerprint density at radius 1 is 1.46 bits per heavy atom. The monoisotopic (exact) mass is 324 g/mol. The summed E-state index contributed by atoms with van der Waals surface area (Å²) < 4.78 is 0. The van der Waals surface area contributed by atoms with Gasteiger partial charge in [0.2, 0.25) is 5.91 Å². The number of nitriles is 1. The van der Waals surface area contributed by atoms with Crippen LogP contribution in [-0.4, -0.2) is 41.7 Å². The van der Waals surface area contributed by atoms with Crippen LogP contribution in [0.2, 0.25) is 0 Å². The van der Waals surface area contributed by atoms with E-state index >= 15 is 0 Å². The van der Waals surface area contributed by atoms with Gasteiger partial charge in [0.1, 0.15) is 12.7 Å². The van der Waals surface area contributed by atoms with Gasteiger partial charge in [0.25, 0.3) is 0 Å². The molecule has 0 unspecified atom stereocenters. The minimum atomic E-state index is -0.491. The lowest BCUT2D eigenvalue weighted by atomic mass is 9.94. The molecule has 1 aliphatic heterocycles. The second kappa shape index (κ2) is 6.85. The lowest BCUT2D eigenvalue weighted by molar-refractivity contribution is -0.124. The number of hydrogen-bond donors (Lipinski definition) is 2. The number of carbonyl (C=O) groups excluding carboxylic acids is 1. The smallest absolute Gasteiger partial charge is 0.245 e. The molecule has 2 atom stereocenters. The number of nitrogens with zero attached hydrogens (tertiary/aromatic N) is 3. The summed E-state index contributed by atoms with van der Waals surface area (Å²) >= 11 is 0. The summed E-state index contributed by atoms with van der Waals surface area (Å²) in [5.74, 6) is 0.0607. The van der Waals surface area contributed by atoms with Crippen LogP contribution in [0.15, 0.2) is 30.5 Å². The molecule has 6 nitrogen and oxygen atoms in total. The normalized spacial score (nSPS) is 20.6. The first-order valence-corrected chi connectivity index (χ1v) is 8.05. The molecule has 1 saturated heterocycles. The molecule has 124 valence electrons. The van der Waals surface area contributed by atoms with Crippen LogP contribution in [0.3, 0.4) is 0 Å². The highest BCUT2D eigenvalue weighted by Crippen LogP contribution is 2.31. The Kier molecular flexibility index (Phi) is 4.63. The zero-order chi connectivity index (χ0) is 17.1. The van der Waals surface area contributed by atoms with Crippen LogP contribution < -0.4 is 10.2 Å². The minimum Gasteiger partial charge on any atom is -0.387 e. The lowest BCUT2D eigenvalue weighted by Gasteiger charge is -2.38. The van der Waals surface area contributed by atoms with E-state index in [9.17, 15) is 10.1 Å². The van der Waals surface area contributed by atoms with Crippen LogP contribution in [-0.2, 0) is 4.79 Å². The van der Waals surface area contributed by atoms with Gasteiger partial charge in [-0.05, 0) is 36.6 Å². The van der Waals surface area contributed by atoms with Crippen molar-refractivity contribution in [1.29, 1.82) is 5.26 Å². The lowest BCUT2D eigenvalue weighted by Crippen LogP contribution is -2.51. The summed E-state index contributed by atoms with van der Waals surface area (Å²) in [6, 6.07) is 9.77. The summed E-state index contributed by atoms with van der Waals surface area (Å²) in [4.78, 5) is 18.1. The first-order valence-electron chi connectivity index (χ1n) is 8.05. The van der Waals surface area contributed by atoms with Gasteiger partial charge in [0.15, 0.2) is 0 Å². The molecule has 2 N–H and O–H groups in total. The van der Waals surface area contributed by atoms with Crippen molar-refractivity contribution in [2.45, 2.75) is 19.4 Å². The van der Waals surface area contributed by atoms with Gasteiger partial charge in [-0.1, -0.05) is 6.92 Å². The van der Waals surface area contributed by atoms with Crippen molar-refractivity contribution < 1.29 is 9.90 Å². The number of benzene rings is 1. The number of piperidine rings is 1. The Hall–Kier alpha value is -2.65. The highest BCUT2D eigenvalue weighted by molar-refractivity contribution is 5.95. The maximum absolute atomic E-state index is 11.5. The predicted molar refractivity (Wildman–Crippen MR) is 91.5 cm³/mol. The van der Waals surface area contributed by atoms with Crippen LogP contribution in [0.5, 0.6) is 0 Å². The van der Waals surface area contributed by atoms with Crippen LogP contribution in [0, 0.1) is 17.2 Å². The first kappa shape index (κ1) is 16.2. The molecule has 0 saturated carbocycles. The fourth-order valence-electron chi connectivity index (χ4n) is 3.45. The largest absolute Gasteiger partial charge is 0.387 e. The third-order valence-electron chi connectivity index (χ3n) is 4.38. The van der Waals surface area contributed by atoms with Gasteiger partial charge in [0, 0.05) is 36.4 Å². The highest BCUT2D eigenvalue weighted by Gasteiger charge is 2.27. The molecule has 24 heavy (non-hydrogen) atoms. The number of amides is 1. The Balaban J connectivity index is 1.95. The fraction of sp³-hybridized carbons (Fsp3) is 0.389. The quantitative estimate of drug-likeness (QED) is 0.891. The first-order chi connectivity index (χ1) is 11.6. The van der Waals surface area contributed by atoms with Crippen molar-refractivity contribution in [2.24, 2.45) is 5.92 Å². The van der Waals surface area contributed by atoms with Gasteiger partial charge in [-0.2, -0.15) is 5.26 Å². The fourth-order valence-corrected chi connectivity index (χ4v) is 3.45. The molecular weight excluding hydrogens is 304 g/mol. The maximum atomic E-state index is 11.5.